The number of para-hydroxylation sites is 2. The van der Waals surface area contributed by atoms with Gasteiger partial charge in [0.25, 0.3) is 0 Å². The molecule has 2 atom stereocenters. The fourth-order valence-electron chi connectivity index (χ4n) is 2.69. The fourth-order valence-corrected chi connectivity index (χ4v) is 2.69. The van der Waals surface area contributed by atoms with Crippen LogP contribution in [0.4, 0.5) is 0 Å². The molecule has 0 amide bonds. The molecule has 1 saturated heterocycles. The first kappa shape index (κ1) is 13.2. The number of likely N-dealkylation sites (tertiary alicyclic amines) is 1. The first-order chi connectivity index (χ1) is 8.72. The summed E-state index contributed by atoms with van der Waals surface area (Å²) in [6.07, 6.45) is 2.60. The van der Waals surface area contributed by atoms with Crippen molar-refractivity contribution < 1.29 is 9.47 Å². The summed E-state index contributed by atoms with van der Waals surface area (Å²) in [5.41, 5.74) is 0. The summed E-state index contributed by atoms with van der Waals surface area (Å²) < 4.78 is 11.1. The van der Waals surface area contributed by atoms with Gasteiger partial charge >= 0.3 is 0 Å². The third kappa shape index (κ3) is 2.96. The zero-order chi connectivity index (χ0) is 13.0. The van der Waals surface area contributed by atoms with Gasteiger partial charge in [-0.1, -0.05) is 12.1 Å². The summed E-state index contributed by atoms with van der Waals surface area (Å²) in [6, 6.07) is 9.17. The van der Waals surface area contributed by atoms with Crippen LogP contribution in [-0.2, 0) is 0 Å². The average Bonchev–Trinajstić information content (AvgIpc) is 2.71. The minimum Gasteiger partial charge on any atom is -0.493 e. The Kier molecular flexibility index (Phi) is 4.48. The van der Waals surface area contributed by atoms with Crippen molar-refractivity contribution in [3.05, 3.63) is 24.3 Å². The van der Waals surface area contributed by atoms with Crippen LogP contribution in [0.15, 0.2) is 24.3 Å². The van der Waals surface area contributed by atoms with E-state index in [1.54, 1.807) is 7.11 Å². The molecule has 3 heteroatoms. The highest BCUT2D eigenvalue weighted by molar-refractivity contribution is 5.39. The minimum atomic E-state index is 0.682. The van der Waals surface area contributed by atoms with Gasteiger partial charge in [-0.3, -0.25) is 4.90 Å². The molecule has 2 unspecified atom stereocenters. The van der Waals surface area contributed by atoms with Crippen molar-refractivity contribution in [1.82, 2.24) is 4.90 Å². The lowest BCUT2D eigenvalue weighted by atomic mass is 10.2. The number of methoxy groups -OCH3 is 1. The van der Waals surface area contributed by atoms with Crippen LogP contribution in [0.5, 0.6) is 11.5 Å². The molecule has 0 saturated carbocycles. The van der Waals surface area contributed by atoms with Crippen molar-refractivity contribution in [2.45, 2.75) is 38.8 Å². The van der Waals surface area contributed by atoms with Crippen molar-refractivity contribution >= 4 is 0 Å². The SMILES string of the molecule is COc1ccccc1OCCN1C(C)CCC1C. The van der Waals surface area contributed by atoms with E-state index < -0.39 is 0 Å². The van der Waals surface area contributed by atoms with Gasteiger partial charge in [0.1, 0.15) is 6.61 Å². The Bertz CT molecular complexity index is 371. The predicted molar refractivity (Wildman–Crippen MR) is 73.4 cm³/mol. The molecule has 1 aromatic carbocycles. The Hall–Kier alpha value is -1.22. The molecule has 0 aromatic heterocycles. The monoisotopic (exact) mass is 249 g/mol. The van der Waals surface area contributed by atoms with Crippen molar-refractivity contribution in [3.8, 4) is 11.5 Å². The summed E-state index contributed by atoms with van der Waals surface area (Å²) in [4.78, 5) is 2.52. The maximum atomic E-state index is 5.82. The average molecular weight is 249 g/mol. The molecule has 1 aliphatic rings. The lowest BCUT2D eigenvalue weighted by Gasteiger charge is -2.25. The number of hydrogen-bond acceptors (Lipinski definition) is 3. The Morgan fingerprint density at radius 1 is 1.11 bits per heavy atom. The third-order valence-corrected chi connectivity index (χ3v) is 3.81. The van der Waals surface area contributed by atoms with E-state index in [4.69, 9.17) is 9.47 Å². The van der Waals surface area contributed by atoms with Gasteiger partial charge in [-0.2, -0.15) is 0 Å². The van der Waals surface area contributed by atoms with Gasteiger partial charge in [0, 0.05) is 18.6 Å². The van der Waals surface area contributed by atoms with Crippen molar-refractivity contribution in [2.24, 2.45) is 0 Å². The second-order valence-electron chi connectivity index (χ2n) is 5.01. The van der Waals surface area contributed by atoms with E-state index >= 15 is 0 Å². The molecule has 18 heavy (non-hydrogen) atoms. The lowest BCUT2D eigenvalue weighted by molar-refractivity contribution is 0.167. The third-order valence-electron chi connectivity index (χ3n) is 3.81. The van der Waals surface area contributed by atoms with Gasteiger partial charge in [0.05, 0.1) is 7.11 Å². The maximum Gasteiger partial charge on any atom is 0.161 e. The molecule has 0 spiro atoms. The van der Waals surface area contributed by atoms with Gasteiger partial charge in [0.2, 0.25) is 0 Å². The molecule has 3 nitrogen and oxygen atoms in total. The smallest absolute Gasteiger partial charge is 0.161 e. The molecule has 0 bridgehead atoms. The van der Waals surface area contributed by atoms with Crippen LogP contribution < -0.4 is 9.47 Å². The minimum absolute atomic E-state index is 0.682. The zero-order valence-electron chi connectivity index (χ0n) is 11.6. The molecular weight excluding hydrogens is 226 g/mol. The van der Waals surface area contributed by atoms with Crippen LogP contribution in [0.2, 0.25) is 0 Å². The van der Waals surface area contributed by atoms with E-state index in [2.05, 4.69) is 18.7 Å². The first-order valence-electron chi connectivity index (χ1n) is 6.74. The second-order valence-corrected chi connectivity index (χ2v) is 5.01. The van der Waals surface area contributed by atoms with E-state index in [1.165, 1.54) is 12.8 Å². The first-order valence-corrected chi connectivity index (χ1v) is 6.74. The van der Waals surface area contributed by atoms with Gasteiger partial charge in [-0.15, -0.1) is 0 Å². The van der Waals surface area contributed by atoms with Crippen LogP contribution >= 0.6 is 0 Å². The van der Waals surface area contributed by atoms with E-state index in [0.29, 0.717) is 12.1 Å². The van der Waals surface area contributed by atoms with Gasteiger partial charge in [-0.25, -0.2) is 0 Å². The van der Waals surface area contributed by atoms with Crippen molar-refractivity contribution in [1.29, 1.82) is 0 Å². The molecular formula is C15H23NO2. The molecule has 1 aliphatic heterocycles. The van der Waals surface area contributed by atoms with E-state index in [1.807, 2.05) is 24.3 Å². The molecule has 0 radical (unpaired) electrons. The quantitative estimate of drug-likeness (QED) is 0.801. The number of ether oxygens (including phenoxy) is 2. The Labute approximate surface area is 110 Å². The number of hydrogen-bond donors (Lipinski definition) is 0. The summed E-state index contributed by atoms with van der Waals surface area (Å²) in [5, 5.41) is 0. The predicted octanol–water partition coefficient (Wildman–Crippen LogP) is 2.95. The van der Waals surface area contributed by atoms with E-state index in [0.717, 1.165) is 24.7 Å². The standard InChI is InChI=1S/C15H23NO2/c1-12-8-9-13(2)16(12)10-11-18-15-7-5-4-6-14(15)17-3/h4-7,12-13H,8-11H2,1-3H3. The molecule has 1 fully saturated rings. The number of nitrogens with zero attached hydrogens (tertiary/aromatic N) is 1. The van der Waals surface area contributed by atoms with Crippen molar-refractivity contribution in [2.75, 3.05) is 20.3 Å². The summed E-state index contributed by atoms with van der Waals surface area (Å²) in [7, 11) is 1.67. The Morgan fingerprint density at radius 2 is 1.72 bits per heavy atom. The molecule has 2 rings (SSSR count). The zero-order valence-corrected chi connectivity index (χ0v) is 11.6. The highest BCUT2D eigenvalue weighted by atomic mass is 16.5. The van der Waals surface area contributed by atoms with E-state index in [-0.39, 0.29) is 0 Å². The van der Waals surface area contributed by atoms with Gasteiger partial charge in [-0.05, 0) is 38.8 Å². The Balaban J connectivity index is 1.85. The van der Waals surface area contributed by atoms with Crippen LogP contribution in [0.1, 0.15) is 26.7 Å². The van der Waals surface area contributed by atoms with E-state index in [9.17, 15) is 0 Å². The van der Waals surface area contributed by atoms with Crippen LogP contribution in [0, 0.1) is 0 Å². The highest BCUT2D eigenvalue weighted by Gasteiger charge is 2.26. The second kappa shape index (κ2) is 6.10. The molecule has 100 valence electrons. The van der Waals surface area contributed by atoms with Gasteiger partial charge < -0.3 is 9.47 Å². The summed E-state index contributed by atoms with van der Waals surface area (Å²) in [6.45, 7) is 6.30. The summed E-state index contributed by atoms with van der Waals surface area (Å²) >= 11 is 0. The van der Waals surface area contributed by atoms with Crippen LogP contribution in [0.25, 0.3) is 0 Å². The van der Waals surface area contributed by atoms with Gasteiger partial charge in [0.15, 0.2) is 11.5 Å². The van der Waals surface area contributed by atoms with Crippen LogP contribution in [0.3, 0.4) is 0 Å². The van der Waals surface area contributed by atoms with Crippen LogP contribution in [-0.4, -0.2) is 37.2 Å². The molecule has 1 aromatic rings. The normalized spacial score (nSPS) is 24.2. The number of rotatable bonds is 5. The molecule has 0 N–H and O–H groups in total. The topological polar surface area (TPSA) is 21.7 Å². The lowest BCUT2D eigenvalue weighted by Crippen LogP contribution is -2.36. The molecule has 1 heterocycles. The maximum absolute atomic E-state index is 5.82. The van der Waals surface area contributed by atoms with Crippen molar-refractivity contribution in [3.63, 3.8) is 0 Å². The summed E-state index contributed by atoms with van der Waals surface area (Å²) in [5.74, 6) is 1.64. The fraction of sp³-hybridized carbons (Fsp3) is 0.600. The highest BCUT2D eigenvalue weighted by Crippen LogP contribution is 2.26. The Morgan fingerprint density at radius 3 is 2.33 bits per heavy atom. The largest absolute Gasteiger partial charge is 0.493 e. The number of benzene rings is 1. The molecule has 0 aliphatic carbocycles.